The van der Waals surface area contributed by atoms with Crippen LogP contribution in [0, 0.1) is 0 Å². The predicted molar refractivity (Wildman–Crippen MR) is 103 cm³/mol. The van der Waals surface area contributed by atoms with Gasteiger partial charge in [-0.1, -0.05) is 36.4 Å². The van der Waals surface area contributed by atoms with Crippen LogP contribution < -0.4 is 4.74 Å². The minimum atomic E-state index is 0.0288. The van der Waals surface area contributed by atoms with Crippen LogP contribution >= 0.6 is 0 Å². The molecule has 0 amide bonds. The van der Waals surface area contributed by atoms with Crippen molar-refractivity contribution < 1.29 is 14.6 Å². The molecule has 1 saturated heterocycles. The van der Waals surface area contributed by atoms with E-state index in [2.05, 4.69) is 36.1 Å². The van der Waals surface area contributed by atoms with E-state index < -0.39 is 0 Å². The number of rotatable bonds is 6. The molecule has 1 heterocycles. The SMILES string of the molecule is COc1cccc(C=N[C@H](C)[C@@H](c2ccccc2)N2CCOCC2)c1O. The summed E-state index contributed by atoms with van der Waals surface area (Å²) in [5.74, 6) is 0.572. The van der Waals surface area contributed by atoms with E-state index in [9.17, 15) is 5.11 Å². The van der Waals surface area contributed by atoms with Crippen molar-refractivity contribution in [2.75, 3.05) is 33.4 Å². The van der Waals surface area contributed by atoms with E-state index in [0.29, 0.717) is 11.3 Å². The largest absolute Gasteiger partial charge is 0.504 e. The third kappa shape index (κ3) is 4.23. The van der Waals surface area contributed by atoms with Crippen molar-refractivity contribution in [1.82, 2.24) is 4.90 Å². The highest BCUT2D eigenvalue weighted by molar-refractivity contribution is 5.84. The molecular formula is C21H26N2O3. The van der Waals surface area contributed by atoms with Crippen LogP contribution in [-0.2, 0) is 4.74 Å². The molecule has 1 aliphatic rings. The smallest absolute Gasteiger partial charge is 0.166 e. The van der Waals surface area contributed by atoms with Gasteiger partial charge in [-0.15, -0.1) is 0 Å². The van der Waals surface area contributed by atoms with Crippen molar-refractivity contribution in [3.8, 4) is 11.5 Å². The van der Waals surface area contributed by atoms with E-state index in [1.54, 1.807) is 19.4 Å². The molecule has 26 heavy (non-hydrogen) atoms. The molecule has 2 atom stereocenters. The number of aromatic hydroxyl groups is 1. The van der Waals surface area contributed by atoms with Gasteiger partial charge in [-0.2, -0.15) is 0 Å². The first kappa shape index (κ1) is 18.4. The molecule has 0 radical (unpaired) electrons. The molecule has 5 heteroatoms. The Morgan fingerprint density at radius 3 is 2.54 bits per heavy atom. The molecule has 0 aliphatic carbocycles. The fourth-order valence-electron chi connectivity index (χ4n) is 3.39. The summed E-state index contributed by atoms with van der Waals surface area (Å²) >= 11 is 0. The Morgan fingerprint density at radius 2 is 1.85 bits per heavy atom. The summed E-state index contributed by atoms with van der Waals surface area (Å²) in [7, 11) is 1.54. The Labute approximate surface area is 154 Å². The first-order valence-corrected chi connectivity index (χ1v) is 8.96. The summed E-state index contributed by atoms with van der Waals surface area (Å²) in [4.78, 5) is 7.18. The van der Waals surface area contributed by atoms with Gasteiger partial charge >= 0.3 is 0 Å². The molecule has 0 bridgehead atoms. The number of aliphatic imine (C=N–C) groups is 1. The normalized spacial score (nSPS) is 17.9. The zero-order valence-corrected chi connectivity index (χ0v) is 15.3. The Bertz CT molecular complexity index is 727. The van der Waals surface area contributed by atoms with E-state index in [1.807, 2.05) is 18.2 Å². The lowest BCUT2D eigenvalue weighted by molar-refractivity contribution is 0.0119. The fourth-order valence-corrected chi connectivity index (χ4v) is 3.39. The van der Waals surface area contributed by atoms with Crippen molar-refractivity contribution in [1.29, 1.82) is 0 Å². The van der Waals surface area contributed by atoms with Gasteiger partial charge in [-0.05, 0) is 24.6 Å². The van der Waals surface area contributed by atoms with Crippen LogP contribution in [0.15, 0.2) is 53.5 Å². The first-order valence-electron chi connectivity index (χ1n) is 8.96. The Hall–Kier alpha value is -2.37. The van der Waals surface area contributed by atoms with Crippen molar-refractivity contribution in [2.45, 2.75) is 19.0 Å². The van der Waals surface area contributed by atoms with E-state index >= 15 is 0 Å². The lowest BCUT2D eigenvalue weighted by atomic mass is 9.98. The molecule has 2 aromatic rings. The summed E-state index contributed by atoms with van der Waals surface area (Å²) in [6.07, 6.45) is 1.74. The fraction of sp³-hybridized carbons (Fsp3) is 0.381. The molecule has 1 fully saturated rings. The van der Waals surface area contributed by atoms with Gasteiger partial charge in [-0.3, -0.25) is 9.89 Å². The monoisotopic (exact) mass is 354 g/mol. The number of ether oxygens (including phenoxy) is 2. The van der Waals surface area contributed by atoms with Crippen LogP contribution in [0.1, 0.15) is 24.1 Å². The summed E-state index contributed by atoms with van der Waals surface area (Å²) in [5.41, 5.74) is 1.90. The molecular weight excluding hydrogens is 328 g/mol. The topological polar surface area (TPSA) is 54.3 Å². The van der Waals surface area contributed by atoms with Gasteiger partial charge in [0.2, 0.25) is 0 Å². The van der Waals surface area contributed by atoms with E-state index in [4.69, 9.17) is 14.5 Å². The van der Waals surface area contributed by atoms with E-state index in [0.717, 1.165) is 26.3 Å². The molecule has 1 N–H and O–H groups in total. The minimum Gasteiger partial charge on any atom is -0.504 e. The molecule has 0 spiro atoms. The molecule has 1 aliphatic heterocycles. The van der Waals surface area contributed by atoms with Crippen LogP contribution in [0.25, 0.3) is 0 Å². The zero-order chi connectivity index (χ0) is 18.4. The van der Waals surface area contributed by atoms with Gasteiger partial charge in [0.05, 0.1) is 32.4 Å². The minimum absolute atomic E-state index is 0.0288. The predicted octanol–water partition coefficient (Wildman–Crippen LogP) is 3.28. The van der Waals surface area contributed by atoms with E-state index in [1.165, 1.54) is 5.56 Å². The number of hydrogen-bond donors (Lipinski definition) is 1. The molecule has 138 valence electrons. The maximum absolute atomic E-state index is 10.3. The maximum Gasteiger partial charge on any atom is 0.166 e. The van der Waals surface area contributed by atoms with Crippen molar-refractivity contribution in [3.63, 3.8) is 0 Å². The molecule has 2 aromatic carbocycles. The Morgan fingerprint density at radius 1 is 1.12 bits per heavy atom. The summed E-state index contributed by atoms with van der Waals surface area (Å²) in [6, 6.07) is 16.1. The number of methoxy groups -OCH3 is 1. The Balaban J connectivity index is 1.84. The standard InChI is InChI=1S/C21H26N2O3/c1-16(22-15-18-9-6-10-19(25-2)21(18)24)20(17-7-4-3-5-8-17)23-11-13-26-14-12-23/h3-10,15-16,20,24H,11-14H2,1-2H3/t16-,20+/m1/s1. The highest BCUT2D eigenvalue weighted by Crippen LogP contribution is 2.30. The molecule has 3 rings (SSSR count). The van der Waals surface area contributed by atoms with Crippen LogP contribution in [0.2, 0.25) is 0 Å². The third-order valence-corrected chi connectivity index (χ3v) is 4.74. The second-order valence-corrected chi connectivity index (χ2v) is 6.42. The van der Waals surface area contributed by atoms with Gasteiger partial charge in [0.1, 0.15) is 0 Å². The summed E-state index contributed by atoms with van der Waals surface area (Å²) in [6.45, 7) is 5.39. The highest BCUT2D eigenvalue weighted by Gasteiger charge is 2.27. The van der Waals surface area contributed by atoms with Gasteiger partial charge in [0, 0.05) is 24.9 Å². The van der Waals surface area contributed by atoms with Gasteiger partial charge in [-0.25, -0.2) is 0 Å². The number of phenols is 1. The lowest BCUT2D eigenvalue weighted by Crippen LogP contribution is -2.42. The third-order valence-electron chi connectivity index (χ3n) is 4.74. The van der Waals surface area contributed by atoms with Gasteiger partial charge in [0.15, 0.2) is 11.5 Å². The second kappa shape index (κ2) is 8.83. The van der Waals surface area contributed by atoms with Crippen LogP contribution in [-0.4, -0.2) is 55.7 Å². The zero-order valence-electron chi connectivity index (χ0n) is 15.3. The summed E-state index contributed by atoms with van der Waals surface area (Å²) in [5, 5.41) is 10.3. The quantitative estimate of drug-likeness (QED) is 0.809. The van der Waals surface area contributed by atoms with Crippen LogP contribution in [0.5, 0.6) is 11.5 Å². The van der Waals surface area contributed by atoms with Crippen LogP contribution in [0.4, 0.5) is 0 Å². The van der Waals surface area contributed by atoms with Crippen molar-refractivity contribution in [3.05, 3.63) is 59.7 Å². The second-order valence-electron chi connectivity index (χ2n) is 6.42. The molecule has 0 aromatic heterocycles. The van der Waals surface area contributed by atoms with E-state index in [-0.39, 0.29) is 17.8 Å². The van der Waals surface area contributed by atoms with Gasteiger partial charge < -0.3 is 14.6 Å². The Kier molecular flexibility index (Phi) is 6.26. The average molecular weight is 354 g/mol. The number of para-hydroxylation sites is 1. The van der Waals surface area contributed by atoms with Crippen molar-refractivity contribution in [2.24, 2.45) is 4.99 Å². The van der Waals surface area contributed by atoms with Crippen LogP contribution in [0.3, 0.4) is 0 Å². The first-order chi connectivity index (χ1) is 12.7. The molecule has 0 unspecified atom stereocenters. The van der Waals surface area contributed by atoms with Gasteiger partial charge in [0.25, 0.3) is 0 Å². The summed E-state index contributed by atoms with van der Waals surface area (Å²) < 4.78 is 10.7. The number of morpholine rings is 1. The average Bonchev–Trinajstić information content (AvgIpc) is 2.69. The number of hydrogen-bond acceptors (Lipinski definition) is 5. The highest BCUT2D eigenvalue weighted by atomic mass is 16.5. The maximum atomic E-state index is 10.3. The molecule has 5 nitrogen and oxygen atoms in total. The number of nitrogens with zero attached hydrogens (tertiary/aromatic N) is 2. The van der Waals surface area contributed by atoms with Crippen molar-refractivity contribution >= 4 is 6.21 Å². The number of benzene rings is 2. The lowest BCUT2D eigenvalue weighted by Gasteiger charge is -2.37. The number of phenolic OH excluding ortho intramolecular Hbond substituents is 1. The molecule has 0 saturated carbocycles.